The Balaban J connectivity index is 1.48. The molecule has 0 N–H and O–H groups in total. The lowest BCUT2D eigenvalue weighted by molar-refractivity contribution is -0.107. The summed E-state index contributed by atoms with van der Waals surface area (Å²) in [4.78, 5) is 2.55. The van der Waals surface area contributed by atoms with Crippen molar-refractivity contribution in [1.29, 1.82) is 0 Å². The first-order valence-electron chi connectivity index (χ1n) is 8.28. The zero-order valence-electron chi connectivity index (χ0n) is 12.9. The molecule has 116 valence electrons. The number of rotatable bonds is 3. The first kappa shape index (κ1) is 14.0. The third-order valence-corrected chi connectivity index (χ3v) is 4.93. The van der Waals surface area contributed by atoms with Gasteiger partial charge >= 0.3 is 0 Å². The number of hydrogen-bond donors (Lipinski definition) is 0. The lowest BCUT2D eigenvalue weighted by Gasteiger charge is -2.40. The van der Waals surface area contributed by atoms with E-state index in [4.69, 9.17) is 4.74 Å². The molecular weight excluding hydrogens is 274 g/mol. The maximum Gasteiger partial charge on any atom is 0.0809 e. The van der Waals surface area contributed by atoms with Crippen LogP contribution in [0.2, 0.25) is 0 Å². The van der Waals surface area contributed by atoms with Crippen LogP contribution in [0.3, 0.4) is 0 Å². The second kappa shape index (κ2) is 5.86. The minimum Gasteiger partial charge on any atom is -0.372 e. The summed E-state index contributed by atoms with van der Waals surface area (Å²) in [6.07, 6.45) is 8.92. The van der Waals surface area contributed by atoms with E-state index in [9.17, 15) is 0 Å². The molecule has 1 aromatic heterocycles. The highest BCUT2D eigenvalue weighted by atomic mass is 16.5. The van der Waals surface area contributed by atoms with Crippen LogP contribution in [-0.4, -0.2) is 40.0 Å². The fourth-order valence-electron chi connectivity index (χ4n) is 3.86. The van der Waals surface area contributed by atoms with Crippen molar-refractivity contribution >= 4 is 0 Å². The van der Waals surface area contributed by atoms with Gasteiger partial charge in [0.25, 0.3) is 0 Å². The van der Waals surface area contributed by atoms with E-state index in [0.717, 1.165) is 31.9 Å². The van der Waals surface area contributed by atoms with Crippen molar-refractivity contribution in [3.63, 3.8) is 0 Å². The molecule has 1 saturated carbocycles. The highest BCUT2D eigenvalue weighted by molar-refractivity contribution is 5.35. The third kappa shape index (κ3) is 2.81. The smallest absolute Gasteiger partial charge is 0.0809 e. The lowest BCUT2D eigenvalue weighted by Crippen LogP contribution is -2.49. The molecule has 1 aliphatic carbocycles. The minimum atomic E-state index is 0.151. The number of ether oxygens (including phenoxy) is 1. The zero-order chi connectivity index (χ0) is 14.8. The number of nitrogens with zero attached hydrogens (tertiary/aromatic N) is 3. The van der Waals surface area contributed by atoms with Crippen LogP contribution < -0.4 is 0 Å². The molecule has 1 aromatic carbocycles. The topological polar surface area (TPSA) is 30.3 Å². The molecule has 4 rings (SSSR count). The van der Waals surface area contributed by atoms with Gasteiger partial charge in [-0.15, -0.1) is 0 Å². The van der Waals surface area contributed by atoms with Gasteiger partial charge in [-0.3, -0.25) is 4.90 Å². The van der Waals surface area contributed by atoms with E-state index >= 15 is 0 Å². The molecular formula is C18H23N3O. The molecule has 2 fully saturated rings. The molecule has 0 bridgehead atoms. The van der Waals surface area contributed by atoms with Gasteiger partial charge in [0.1, 0.15) is 0 Å². The maximum atomic E-state index is 6.12. The summed E-state index contributed by atoms with van der Waals surface area (Å²) in [5, 5.41) is 4.32. The first-order chi connectivity index (χ1) is 10.8. The Kier molecular flexibility index (Phi) is 3.72. The van der Waals surface area contributed by atoms with Gasteiger partial charge in [-0.1, -0.05) is 25.0 Å². The molecule has 0 radical (unpaired) electrons. The normalized spacial score (nSPS) is 21.5. The van der Waals surface area contributed by atoms with Crippen LogP contribution in [0.25, 0.3) is 5.69 Å². The van der Waals surface area contributed by atoms with Gasteiger partial charge in [-0.2, -0.15) is 5.10 Å². The molecule has 2 aromatic rings. The Hall–Kier alpha value is -1.65. The molecule has 4 heteroatoms. The van der Waals surface area contributed by atoms with Crippen molar-refractivity contribution < 1.29 is 4.74 Å². The molecule has 0 unspecified atom stereocenters. The summed E-state index contributed by atoms with van der Waals surface area (Å²) >= 11 is 0. The van der Waals surface area contributed by atoms with Gasteiger partial charge in [0, 0.05) is 32.0 Å². The highest BCUT2D eigenvalue weighted by Crippen LogP contribution is 2.36. The molecule has 0 atom stereocenters. The molecule has 1 spiro atoms. The predicted molar refractivity (Wildman–Crippen MR) is 86.0 cm³/mol. The SMILES string of the molecule is c1cc(CN2CCOC3(CCCC3)C2)cc(-n2cccn2)c1. The second-order valence-corrected chi connectivity index (χ2v) is 6.57. The minimum absolute atomic E-state index is 0.151. The second-order valence-electron chi connectivity index (χ2n) is 6.57. The average molecular weight is 297 g/mol. The number of aromatic nitrogens is 2. The maximum absolute atomic E-state index is 6.12. The highest BCUT2D eigenvalue weighted by Gasteiger charge is 2.38. The summed E-state index contributed by atoms with van der Waals surface area (Å²) in [7, 11) is 0. The molecule has 0 amide bonds. The Morgan fingerprint density at radius 3 is 2.91 bits per heavy atom. The van der Waals surface area contributed by atoms with Gasteiger partial charge < -0.3 is 4.74 Å². The predicted octanol–water partition coefficient (Wildman–Crippen LogP) is 3.02. The van der Waals surface area contributed by atoms with Crippen molar-refractivity contribution in [2.45, 2.75) is 37.8 Å². The van der Waals surface area contributed by atoms with Crippen molar-refractivity contribution in [1.82, 2.24) is 14.7 Å². The van der Waals surface area contributed by atoms with E-state index in [1.807, 2.05) is 23.1 Å². The van der Waals surface area contributed by atoms with Crippen LogP contribution in [0, 0.1) is 0 Å². The van der Waals surface area contributed by atoms with E-state index in [1.165, 1.54) is 31.2 Å². The van der Waals surface area contributed by atoms with Crippen LogP contribution in [0.4, 0.5) is 0 Å². The zero-order valence-corrected chi connectivity index (χ0v) is 12.9. The van der Waals surface area contributed by atoms with E-state index in [2.05, 4.69) is 34.3 Å². The molecule has 22 heavy (non-hydrogen) atoms. The third-order valence-electron chi connectivity index (χ3n) is 4.93. The van der Waals surface area contributed by atoms with Crippen LogP contribution in [0.5, 0.6) is 0 Å². The van der Waals surface area contributed by atoms with E-state index in [-0.39, 0.29) is 5.60 Å². The molecule has 4 nitrogen and oxygen atoms in total. The van der Waals surface area contributed by atoms with Crippen LogP contribution in [-0.2, 0) is 11.3 Å². The number of morpholine rings is 1. The fourth-order valence-corrected chi connectivity index (χ4v) is 3.86. The van der Waals surface area contributed by atoms with Crippen molar-refractivity contribution in [3.05, 3.63) is 48.3 Å². The van der Waals surface area contributed by atoms with Gasteiger partial charge in [0.05, 0.1) is 17.9 Å². The molecule has 1 saturated heterocycles. The Morgan fingerprint density at radius 1 is 1.18 bits per heavy atom. The van der Waals surface area contributed by atoms with Gasteiger partial charge in [-0.05, 0) is 36.6 Å². The van der Waals surface area contributed by atoms with Crippen molar-refractivity contribution in [3.8, 4) is 5.69 Å². The van der Waals surface area contributed by atoms with Gasteiger partial charge in [0.15, 0.2) is 0 Å². The Bertz CT molecular complexity index is 617. The Morgan fingerprint density at radius 2 is 2.09 bits per heavy atom. The van der Waals surface area contributed by atoms with Gasteiger partial charge in [-0.25, -0.2) is 4.68 Å². The van der Waals surface area contributed by atoms with Crippen molar-refractivity contribution in [2.75, 3.05) is 19.7 Å². The fraction of sp³-hybridized carbons (Fsp3) is 0.500. The van der Waals surface area contributed by atoms with Crippen molar-refractivity contribution in [2.24, 2.45) is 0 Å². The number of hydrogen-bond acceptors (Lipinski definition) is 3. The largest absolute Gasteiger partial charge is 0.372 e. The standard InChI is InChI=1S/C18H23N3O/c1-2-8-18(7-1)15-20(11-12-22-18)14-16-5-3-6-17(13-16)21-10-4-9-19-21/h3-6,9-10,13H,1-2,7-8,11-12,14-15H2. The van der Waals surface area contributed by atoms with Crippen LogP contribution in [0.15, 0.2) is 42.7 Å². The molecule has 1 aliphatic heterocycles. The quantitative estimate of drug-likeness (QED) is 0.872. The first-order valence-corrected chi connectivity index (χ1v) is 8.28. The van der Waals surface area contributed by atoms with E-state index < -0.39 is 0 Å². The lowest BCUT2D eigenvalue weighted by atomic mass is 9.99. The molecule has 2 aliphatic rings. The summed E-state index contributed by atoms with van der Waals surface area (Å²) in [6.45, 7) is 3.99. The Labute approximate surface area is 131 Å². The summed E-state index contributed by atoms with van der Waals surface area (Å²) in [6, 6.07) is 10.6. The summed E-state index contributed by atoms with van der Waals surface area (Å²) < 4.78 is 8.04. The van der Waals surface area contributed by atoms with E-state index in [0.29, 0.717) is 0 Å². The van der Waals surface area contributed by atoms with E-state index in [1.54, 1.807) is 0 Å². The summed E-state index contributed by atoms with van der Waals surface area (Å²) in [5.74, 6) is 0. The molecule has 2 heterocycles. The van der Waals surface area contributed by atoms with Gasteiger partial charge in [0.2, 0.25) is 0 Å². The average Bonchev–Trinajstić information content (AvgIpc) is 3.20. The summed E-state index contributed by atoms with van der Waals surface area (Å²) in [5.41, 5.74) is 2.63. The van der Waals surface area contributed by atoms with Crippen LogP contribution >= 0.6 is 0 Å². The van der Waals surface area contributed by atoms with Crippen LogP contribution in [0.1, 0.15) is 31.2 Å². The monoisotopic (exact) mass is 297 g/mol. The number of benzene rings is 1.